The Hall–Kier alpha value is -2.60. The van der Waals surface area contributed by atoms with Gasteiger partial charge in [0.15, 0.2) is 5.13 Å². The molecule has 4 heterocycles. The summed E-state index contributed by atoms with van der Waals surface area (Å²) in [6, 6.07) is 7.48. The third kappa shape index (κ3) is 5.41. The van der Waals surface area contributed by atoms with Gasteiger partial charge in [-0.25, -0.2) is 13.4 Å². The Morgan fingerprint density at radius 1 is 1.12 bits per heavy atom. The molecule has 4 rings (SSSR count). The Labute approximate surface area is 191 Å². The largest absolute Gasteiger partial charge is 0.339 e. The molecule has 0 unspecified atom stereocenters. The van der Waals surface area contributed by atoms with E-state index in [2.05, 4.69) is 20.2 Å². The highest BCUT2D eigenvalue weighted by atomic mass is 32.2. The summed E-state index contributed by atoms with van der Waals surface area (Å²) in [6.07, 6.45) is 5.34. The molecule has 170 valence electrons. The number of hydrogen-bond donors (Lipinski definition) is 1. The summed E-state index contributed by atoms with van der Waals surface area (Å²) in [5.74, 6) is -0.0722. The second-order valence-electron chi connectivity index (χ2n) is 7.55. The van der Waals surface area contributed by atoms with E-state index < -0.39 is 10.0 Å². The van der Waals surface area contributed by atoms with Gasteiger partial charge in [-0.3, -0.25) is 20.0 Å². The summed E-state index contributed by atoms with van der Waals surface area (Å²) in [5, 5.41) is 5.37. The van der Waals surface area contributed by atoms with Gasteiger partial charge in [0.25, 0.3) is 5.91 Å². The van der Waals surface area contributed by atoms with Crippen LogP contribution in [0.2, 0.25) is 0 Å². The van der Waals surface area contributed by atoms with Crippen molar-refractivity contribution in [3.63, 3.8) is 0 Å². The lowest BCUT2D eigenvalue weighted by atomic mass is 10.2. The first-order valence-corrected chi connectivity index (χ1v) is 12.9. The quantitative estimate of drug-likeness (QED) is 0.537. The highest BCUT2D eigenvalue weighted by Crippen LogP contribution is 2.19. The number of thiazole rings is 1. The number of sulfonamides is 1. The Morgan fingerprint density at radius 2 is 1.88 bits per heavy atom. The van der Waals surface area contributed by atoms with Gasteiger partial charge in [-0.15, -0.1) is 11.3 Å². The lowest BCUT2D eigenvalue weighted by Crippen LogP contribution is -2.48. The lowest BCUT2D eigenvalue weighted by molar-refractivity contribution is 0.101. The summed E-state index contributed by atoms with van der Waals surface area (Å²) in [6.45, 7) is 5.22. The summed E-state index contributed by atoms with van der Waals surface area (Å²) in [5.41, 5.74) is 2.49. The Morgan fingerprint density at radius 3 is 2.59 bits per heavy atom. The van der Waals surface area contributed by atoms with Crippen LogP contribution in [0.15, 0.2) is 48.2 Å². The molecule has 9 nitrogen and oxygen atoms in total. The third-order valence-electron chi connectivity index (χ3n) is 5.41. The molecule has 32 heavy (non-hydrogen) atoms. The van der Waals surface area contributed by atoms with Crippen molar-refractivity contribution < 1.29 is 13.2 Å². The average molecular weight is 475 g/mol. The normalized spacial score (nSPS) is 15.7. The molecule has 0 saturated carbocycles. The Bertz CT molecular complexity index is 1150. The van der Waals surface area contributed by atoms with Gasteiger partial charge >= 0.3 is 0 Å². The van der Waals surface area contributed by atoms with E-state index in [1.54, 1.807) is 29.7 Å². The number of nitrogens with one attached hydrogen (secondary N) is 1. The zero-order valence-corrected chi connectivity index (χ0v) is 19.5. The molecular formula is C21H26N6O3S2. The molecule has 1 amide bonds. The molecule has 3 aromatic rings. The van der Waals surface area contributed by atoms with Crippen molar-refractivity contribution in [3.8, 4) is 0 Å². The monoisotopic (exact) mass is 474 g/mol. The second-order valence-corrected chi connectivity index (χ2v) is 10.7. The maximum Gasteiger partial charge on any atom is 0.274 e. The average Bonchev–Trinajstić information content (AvgIpc) is 3.44. The molecule has 0 aliphatic carbocycles. The molecule has 1 aliphatic rings. The van der Waals surface area contributed by atoms with E-state index >= 15 is 0 Å². The molecule has 0 atom stereocenters. The maximum atomic E-state index is 12.8. The number of pyridine rings is 1. The molecule has 3 aromatic heterocycles. The molecule has 11 heteroatoms. The van der Waals surface area contributed by atoms with Crippen molar-refractivity contribution >= 4 is 32.4 Å². The molecule has 0 radical (unpaired) electrons. The minimum Gasteiger partial charge on any atom is -0.339 e. The van der Waals surface area contributed by atoms with Crippen LogP contribution in [0.5, 0.6) is 0 Å². The first kappa shape index (κ1) is 22.6. The highest BCUT2D eigenvalue weighted by Gasteiger charge is 2.25. The van der Waals surface area contributed by atoms with Crippen molar-refractivity contribution in [3.05, 3.63) is 65.2 Å². The van der Waals surface area contributed by atoms with Crippen LogP contribution in [-0.2, 0) is 23.1 Å². The molecule has 1 aliphatic heterocycles. The highest BCUT2D eigenvalue weighted by molar-refractivity contribution is 7.89. The van der Waals surface area contributed by atoms with Crippen LogP contribution in [-0.4, -0.2) is 70.0 Å². The number of carbonyl (C=O) groups excluding carboxylic acids is 1. The van der Waals surface area contributed by atoms with E-state index in [1.807, 2.05) is 34.3 Å². The van der Waals surface area contributed by atoms with Gasteiger partial charge < -0.3 is 4.57 Å². The zero-order valence-electron chi connectivity index (χ0n) is 17.8. The topological polar surface area (TPSA) is 100 Å². The van der Waals surface area contributed by atoms with Gasteiger partial charge in [0.2, 0.25) is 10.0 Å². The molecule has 1 fully saturated rings. The van der Waals surface area contributed by atoms with Crippen molar-refractivity contribution in [1.82, 2.24) is 23.7 Å². The van der Waals surface area contributed by atoms with E-state index in [0.717, 1.165) is 11.3 Å². The van der Waals surface area contributed by atoms with Crippen LogP contribution in [0.25, 0.3) is 0 Å². The van der Waals surface area contributed by atoms with Gasteiger partial charge in [0.1, 0.15) is 5.69 Å². The Balaban J connectivity index is 1.32. The van der Waals surface area contributed by atoms with Crippen LogP contribution in [0.3, 0.4) is 0 Å². The Kier molecular flexibility index (Phi) is 6.99. The van der Waals surface area contributed by atoms with Crippen LogP contribution < -0.4 is 5.32 Å². The number of piperazine rings is 1. The van der Waals surface area contributed by atoms with E-state index in [4.69, 9.17) is 0 Å². The van der Waals surface area contributed by atoms with Crippen LogP contribution in [0, 0.1) is 0 Å². The fourth-order valence-corrected chi connectivity index (χ4v) is 5.40. The summed E-state index contributed by atoms with van der Waals surface area (Å²) in [7, 11) is -3.13. The fourth-order valence-electron chi connectivity index (χ4n) is 3.62. The fraction of sp³-hybridized carbons (Fsp3) is 0.381. The zero-order chi connectivity index (χ0) is 22.6. The van der Waals surface area contributed by atoms with E-state index in [0.29, 0.717) is 50.1 Å². The van der Waals surface area contributed by atoms with Gasteiger partial charge in [0, 0.05) is 63.2 Å². The third-order valence-corrected chi connectivity index (χ3v) is 8.10. The van der Waals surface area contributed by atoms with Crippen molar-refractivity contribution in [2.24, 2.45) is 0 Å². The van der Waals surface area contributed by atoms with Gasteiger partial charge in [-0.05, 0) is 36.8 Å². The van der Waals surface area contributed by atoms with Gasteiger partial charge in [-0.1, -0.05) is 0 Å². The molecule has 1 N–H and O–H groups in total. The summed E-state index contributed by atoms with van der Waals surface area (Å²) >= 11 is 1.39. The molecule has 0 aromatic carbocycles. The van der Waals surface area contributed by atoms with E-state index in [9.17, 15) is 13.2 Å². The standard InChI is InChI=1S/C21H26N6O3S2/c1-2-32(29,30)27-12-10-25(11-13-27)15-18-16-31-21(23-18)24-20(28)19-4-3-9-26(19)14-17-5-7-22-8-6-17/h3-9,16H,2,10-15H2,1H3,(H,23,24,28). The second kappa shape index (κ2) is 9.90. The van der Waals surface area contributed by atoms with Crippen molar-refractivity contribution in [2.45, 2.75) is 20.0 Å². The minimum absolute atomic E-state index is 0.133. The number of hydrogen-bond acceptors (Lipinski definition) is 7. The number of carbonyl (C=O) groups is 1. The molecule has 0 bridgehead atoms. The summed E-state index contributed by atoms with van der Waals surface area (Å²) in [4.78, 5) is 23.5. The van der Waals surface area contributed by atoms with E-state index in [-0.39, 0.29) is 11.7 Å². The maximum absolute atomic E-state index is 12.8. The van der Waals surface area contributed by atoms with Crippen LogP contribution in [0.1, 0.15) is 28.7 Å². The number of anilines is 1. The van der Waals surface area contributed by atoms with Crippen LogP contribution >= 0.6 is 11.3 Å². The molecule has 0 spiro atoms. The number of rotatable bonds is 8. The first-order valence-electron chi connectivity index (χ1n) is 10.4. The number of amides is 1. The summed E-state index contributed by atoms with van der Waals surface area (Å²) < 4.78 is 27.4. The van der Waals surface area contributed by atoms with Gasteiger partial charge in [-0.2, -0.15) is 4.31 Å². The smallest absolute Gasteiger partial charge is 0.274 e. The van der Waals surface area contributed by atoms with Crippen LogP contribution in [0.4, 0.5) is 5.13 Å². The molecular weight excluding hydrogens is 448 g/mol. The van der Waals surface area contributed by atoms with E-state index in [1.165, 1.54) is 11.3 Å². The van der Waals surface area contributed by atoms with Crippen molar-refractivity contribution in [1.29, 1.82) is 0 Å². The lowest BCUT2D eigenvalue weighted by Gasteiger charge is -2.33. The minimum atomic E-state index is -3.13. The van der Waals surface area contributed by atoms with Crippen molar-refractivity contribution in [2.75, 3.05) is 37.2 Å². The number of aromatic nitrogens is 3. The van der Waals surface area contributed by atoms with Gasteiger partial charge in [0.05, 0.1) is 11.4 Å². The number of nitrogens with zero attached hydrogens (tertiary/aromatic N) is 5. The first-order chi connectivity index (χ1) is 15.4. The SMILES string of the molecule is CCS(=O)(=O)N1CCN(Cc2csc(NC(=O)c3cccn3Cc3ccncc3)n2)CC1. The predicted octanol–water partition coefficient (Wildman–Crippen LogP) is 2.11. The predicted molar refractivity (Wildman–Crippen MR) is 124 cm³/mol. The molecule has 1 saturated heterocycles.